The summed E-state index contributed by atoms with van der Waals surface area (Å²) in [6, 6.07) is 6.55. The van der Waals surface area contributed by atoms with Gasteiger partial charge in [0.25, 0.3) is 0 Å². The molecule has 3 rings (SSSR count). The van der Waals surface area contributed by atoms with Crippen LogP contribution < -0.4 is 10.6 Å². The lowest BCUT2D eigenvalue weighted by atomic mass is 10.3. The second-order valence-corrected chi connectivity index (χ2v) is 4.63. The lowest BCUT2D eigenvalue weighted by molar-refractivity contribution is 0.248. The molecule has 0 saturated carbocycles. The van der Waals surface area contributed by atoms with Crippen LogP contribution in [0.1, 0.15) is 24.6 Å². The second kappa shape index (κ2) is 5.23. The van der Waals surface area contributed by atoms with Gasteiger partial charge in [-0.2, -0.15) is 0 Å². The lowest BCUT2D eigenvalue weighted by Gasteiger charge is -2.12. The number of rotatable bonds is 3. The molecule has 2 amide bonds. The molecule has 0 bridgehead atoms. The van der Waals surface area contributed by atoms with Gasteiger partial charge in [0, 0.05) is 12.3 Å². The number of anilines is 1. The first-order valence-corrected chi connectivity index (χ1v) is 6.44. The highest BCUT2D eigenvalue weighted by molar-refractivity contribution is 5.88. The first-order valence-electron chi connectivity index (χ1n) is 6.44. The first kappa shape index (κ1) is 13.1. The van der Waals surface area contributed by atoms with E-state index in [2.05, 4.69) is 26.0 Å². The summed E-state index contributed by atoms with van der Waals surface area (Å²) in [7, 11) is 0. The molecule has 0 fully saturated rings. The van der Waals surface area contributed by atoms with E-state index in [1.807, 2.05) is 35.7 Å². The maximum Gasteiger partial charge on any atom is 0.321 e. The molecule has 0 spiro atoms. The Labute approximate surface area is 120 Å². The van der Waals surface area contributed by atoms with E-state index in [1.54, 1.807) is 13.0 Å². The fourth-order valence-corrected chi connectivity index (χ4v) is 1.99. The molecule has 21 heavy (non-hydrogen) atoms. The Morgan fingerprint density at radius 1 is 1.38 bits per heavy atom. The molecule has 0 aliphatic carbocycles. The Kier molecular flexibility index (Phi) is 3.27. The van der Waals surface area contributed by atoms with Crippen LogP contribution in [-0.4, -0.2) is 25.8 Å². The molecule has 8 heteroatoms. The number of aryl methyl sites for hydroxylation is 1. The van der Waals surface area contributed by atoms with E-state index < -0.39 is 0 Å². The molecule has 108 valence electrons. The summed E-state index contributed by atoms with van der Waals surface area (Å²) in [6.45, 7) is 3.58. The number of nitrogens with one attached hydrogen (secondary N) is 2. The van der Waals surface area contributed by atoms with Crippen molar-refractivity contribution in [1.82, 2.24) is 25.1 Å². The zero-order valence-corrected chi connectivity index (χ0v) is 11.6. The van der Waals surface area contributed by atoms with Crippen LogP contribution >= 0.6 is 0 Å². The van der Waals surface area contributed by atoms with Gasteiger partial charge in [-0.25, -0.2) is 4.79 Å². The molecule has 2 N–H and O–H groups in total. The molecular formula is C13H14N6O2. The normalized spacial score (nSPS) is 12.3. The van der Waals surface area contributed by atoms with Gasteiger partial charge in [-0.15, -0.1) is 10.2 Å². The van der Waals surface area contributed by atoms with Crippen LogP contribution in [0.25, 0.3) is 5.65 Å². The quantitative estimate of drug-likeness (QED) is 0.766. The van der Waals surface area contributed by atoms with E-state index in [0.29, 0.717) is 17.4 Å². The van der Waals surface area contributed by atoms with Crippen LogP contribution in [0.3, 0.4) is 0 Å². The van der Waals surface area contributed by atoms with Gasteiger partial charge in [0.15, 0.2) is 17.3 Å². The zero-order valence-electron chi connectivity index (χ0n) is 11.6. The van der Waals surface area contributed by atoms with Crippen LogP contribution in [0.15, 0.2) is 35.0 Å². The monoisotopic (exact) mass is 286 g/mol. The minimum Gasteiger partial charge on any atom is -0.360 e. The van der Waals surface area contributed by atoms with Crippen molar-refractivity contribution < 1.29 is 9.32 Å². The Hall–Kier alpha value is -2.90. The van der Waals surface area contributed by atoms with Crippen molar-refractivity contribution in [2.45, 2.75) is 19.9 Å². The number of hydrogen-bond acceptors (Lipinski definition) is 5. The summed E-state index contributed by atoms with van der Waals surface area (Å²) in [5.74, 6) is 1.64. The molecule has 3 aromatic rings. The maximum absolute atomic E-state index is 11.9. The predicted molar refractivity (Wildman–Crippen MR) is 74.8 cm³/mol. The molecule has 8 nitrogen and oxygen atoms in total. The third kappa shape index (κ3) is 2.69. The van der Waals surface area contributed by atoms with Gasteiger partial charge in [0.2, 0.25) is 0 Å². The van der Waals surface area contributed by atoms with E-state index >= 15 is 0 Å². The van der Waals surface area contributed by atoms with Crippen molar-refractivity contribution in [2.24, 2.45) is 0 Å². The number of nitrogens with zero attached hydrogens (tertiary/aromatic N) is 4. The van der Waals surface area contributed by atoms with Gasteiger partial charge in [-0.3, -0.25) is 9.72 Å². The van der Waals surface area contributed by atoms with Gasteiger partial charge < -0.3 is 9.84 Å². The number of pyridine rings is 1. The van der Waals surface area contributed by atoms with Gasteiger partial charge in [-0.1, -0.05) is 11.2 Å². The smallest absolute Gasteiger partial charge is 0.321 e. The highest BCUT2D eigenvalue weighted by Gasteiger charge is 2.16. The fraction of sp³-hybridized carbons (Fsp3) is 0.231. The van der Waals surface area contributed by atoms with Crippen LogP contribution in [0.5, 0.6) is 0 Å². The van der Waals surface area contributed by atoms with Crippen molar-refractivity contribution in [1.29, 1.82) is 0 Å². The van der Waals surface area contributed by atoms with Crippen LogP contribution in [0.2, 0.25) is 0 Å². The summed E-state index contributed by atoms with van der Waals surface area (Å²) >= 11 is 0. The first-order chi connectivity index (χ1) is 10.1. The summed E-state index contributed by atoms with van der Waals surface area (Å²) in [4.78, 5) is 11.9. The van der Waals surface area contributed by atoms with Crippen molar-refractivity contribution in [2.75, 3.05) is 5.32 Å². The standard InChI is InChI=1S/C13H14N6O2/c1-8-7-10(18-21-8)15-13(20)14-9(2)12-17-16-11-5-3-4-6-19(11)12/h3-7,9H,1-2H3,(H2,14,15,18,20)/t9-/m0/s1. The minimum absolute atomic E-state index is 0.310. The molecular weight excluding hydrogens is 272 g/mol. The van der Waals surface area contributed by atoms with E-state index in [1.165, 1.54) is 0 Å². The maximum atomic E-state index is 11.9. The third-order valence-electron chi connectivity index (χ3n) is 2.94. The third-order valence-corrected chi connectivity index (χ3v) is 2.94. The lowest BCUT2D eigenvalue weighted by Crippen LogP contribution is -2.32. The van der Waals surface area contributed by atoms with Crippen molar-refractivity contribution in [3.05, 3.63) is 42.0 Å². The molecule has 0 saturated heterocycles. The Bertz CT molecular complexity index is 778. The summed E-state index contributed by atoms with van der Waals surface area (Å²) < 4.78 is 6.71. The topological polar surface area (TPSA) is 97.3 Å². The van der Waals surface area contributed by atoms with Gasteiger partial charge in [0.1, 0.15) is 5.76 Å². The molecule has 0 aliphatic heterocycles. The number of carbonyl (C=O) groups excluding carboxylic acids is 1. The van der Waals surface area contributed by atoms with E-state index in [4.69, 9.17) is 4.52 Å². The average molecular weight is 286 g/mol. The highest BCUT2D eigenvalue weighted by atomic mass is 16.5. The highest BCUT2D eigenvalue weighted by Crippen LogP contribution is 2.12. The number of hydrogen-bond donors (Lipinski definition) is 2. The fourth-order valence-electron chi connectivity index (χ4n) is 1.99. The van der Waals surface area contributed by atoms with Gasteiger partial charge in [0.05, 0.1) is 6.04 Å². The Morgan fingerprint density at radius 2 is 2.24 bits per heavy atom. The Balaban J connectivity index is 1.71. The SMILES string of the molecule is Cc1cc(NC(=O)N[C@@H](C)c2nnc3ccccn23)no1. The van der Waals surface area contributed by atoms with Gasteiger partial charge >= 0.3 is 6.03 Å². The molecule has 1 atom stereocenters. The number of carbonyl (C=O) groups is 1. The minimum atomic E-state index is -0.386. The largest absolute Gasteiger partial charge is 0.360 e. The number of aromatic nitrogens is 4. The van der Waals surface area contributed by atoms with Crippen LogP contribution in [-0.2, 0) is 0 Å². The molecule has 3 heterocycles. The molecule has 0 unspecified atom stereocenters. The summed E-state index contributed by atoms with van der Waals surface area (Å²) in [5.41, 5.74) is 0.730. The molecule has 0 radical (unpaired) electrons. The van der Waals surface area contributed by atoms with E-state index in [-0.39, 0.29) is 12.1 Å². The van der Waals surface area contributed by atoms with Crippen molar-refractivity contribution >= 4 is 17.5 Å². The predicted octanol–water partition coefficient (Wildman–Crippen LogP) is 1.91. The number of amides is 2. The van der Waals surface area contributed by atoms with Crippen LogP contribution in [0, 0.1) is 6.92 Å². The van der Waals surface area contributed by atoms with E-state index in [0.717, 1.165) is 5.65 Å². The molecule has 0 aromatic carbocycles. The van der Waals surface area contributed by atoms with Crippen molar-refractivity contribution in [3.63, 3.8) is 0 Å². The van der Waals surface area contributed by atoms with Crippen molar-refractivity contribution in [3.8, 4) is 0 Å². The number of fused-ring (bicyclic) bond motifs is 1. The second-order valence-electron chi connectivity index (χ2n) is 4.63. The number of urea groups is 1. The van der Waals surface area contributed by atoms with E-state index in [9.17, 15) is 4.79 Å². The zero-order chi connectivity index (χ0) is 14.8. The molecule has 3 aromatic heterocycles. The Morgan fingerprint density at radius 3 is 3.00 bits per heavy atom. The van der Waals surface area contributed by atoms with Gasteiger partial charge in [-0.05, 0) is 26.0 Å². The average Bonchev–Trinajstić information content (AvgIpc) is 3.04. The summed E-state index contributed by atoms with van der Waals surface area (Å²) in [5, 5.41) is 17.2. The van der Waals surface area contributed by atoms with Crippen LogP contribution in [0.4, 0.5) is 10.6 Å². The molecule has 0 aliphatic rings. The summed E-state index contributed by atoms with van der Waals surface area (Å²) in [6.07, 6.45) is 1.85.